The number of nitrogens with zero attached hydrogens (tertiary/aromatic N) is 1. The Morgan fingerprint density at radius 3 is 2.14 bits per heavy atom. The van der Waals surface area contributed by atoms with Gasteiger partial charge in [0.25, 0.3) is 5.91 Å². The highest BCUT2D eigenvalue weighted by Gasteiger charge is 2.27. The Labute approximate surface area is 212 Å². The van der Waals surface area contributed by atoms with E-state index < -0.39 is 0 Å². The number of rotatable bonds is 8. The number of hydrogen-bond donors (Lipinski definition) is 1. The zero-order valence-electron chi connectivity index (χ0n) is 22.4. The first kappa shape index (κ1) is 26.5. The number of nitrogens with one attached hydrogen (secondary N) is 1. The van der Waals surface area contributed by atoms with Gasteiger partial charge >= 0.3 is 0 Å². The van der Waals surface area contributed by atoms with Crippen LogP contribution in [0.15, 0.2) is 77.7 Å². The molecule has 0 atom stereocenters. The van der Waals surface area contributed by atoms with Crippen LogP contribution in [0.1, 0.15) is 87.9 Å². The van der Waals surface area contributed by atoms with Gasteiger partial charge in [-0.1, -0.05) is 68.0 Å². The Balaban J connectivity index is 1.70. The van der Waals surface area contributed by atoms with E-state index in [4.69, 9.17) is 0 Å². The molecule has 186 valence electrons. The number of benzene rings is 2. The van der Waals surface area contributed by atoms with Crippen molar-refractivity contribution in [3.8, 4) is 0 Å². The molecule has 1 N–H and O–H groups in total. The highest BCUT2D eigenvalue weighted by atomic mass is 16.2. The van der Waals surface area contributed by atoms with Gasteiger partial charge in [-0.05, 0) is 87.8 Å². The van der Waals surface area contributed by atoms with Crippen LogP contribution in [0, 0.1) is 5.92 Å². The zero-order chi connectivity index (χ0) is 25.4. The minimum Gasteiger partial charge on any atom is -0.363 e. The van der Waals surface area contributed by atoms with Crippen LogP contribution in [0.2, 0.25) is 0 Å². The van der Waals surface area contributed by atoms with E-state index >= 15 is 0 Å². The SMILES string of the molecule is C/C=C(/C)NC(=C(C)CC)C1CCN(C(=O)c2ccc(/C(=C/C)c3ccccc3CC)cc2)CC1. The molecule has 3 heteroatoms. The molecule has 3 rings (SSSR count). The van der Waals surface area contributed by atoms with Gasteiger partial charge in [-0.15, -0.1) is 0 Å². The van der Waals surface area contributed by atoms with Gasteiger partial charge in [0.1, 0.15) is 0 Å². The van der Waals surface area contributed by atoms with Crippen LogP contribution in [0.4, 0.5) is 0 Å². The zero-order valence-corrected chi connectivity index (χ0v) is 22.4. The van der Waals surface area contributed by atoms with E-state index in [0.29, 0.717) is 5.92 Å². The third-order valence-corrected chi connectivity index (χ3v) is 7.37. The van der Waals surface area contributed by atoms with Gasteiger partial charge in [-0.2, -0.15) is 0 Å². The standard InChI is InChI=1S/C32H42N2O/c1-7-23(5)31(33-24(6)8-2)27-19-21-34(22-20-27)32(35)28-17-15-26(16-18-28)29(10-4)30-14-12-11-13-25(30)9-3/h8,10-18,27,33H,7,9,19-22H2,1-6H3/b24-8-,29-10-,31-23?. The number of carbonyl (C=O) groups is 1. The molecule has 0 aromatic heterocycles. The Morgan fingerprint density at radius 1 is 0.943 bits per heavy atom. The summed E-state index contributed by atoms with van der Waals surface area (Å²) in [6.07, 6.45) is 8.32. The summed E-state index contributed by atoms with van der Waals surface area (Å²) < 4.78 is 0. The van der Waals surface area contributed by atoms with E-state index in [1.54, 1.807) is 0 Å². The van der Waals surface area contributed by atoms with E-state index in [-0.39, 0.29) is 5.91 Å². The molecule has 35 heavy (non-hydrogen) atoms. The van der Waals surface area contributed by atoms with Crippen molar-refractivity contribution in [2.24, 2.45) is 5.92 Å². The molecule has 0 spiro atoms. The van der Waals surface area contributed by atoms with Crippen molar-refractivity contribution in [1.82, 2.24) is 10.2 Å². The fraction of sp³-hybridized carbons (Fsp3) is 0.406. The van der Waals surface area contributed by atoms with E-state index in [2.05, 4.69) is 95.4 Å². The molecule has 1 aliphatic heterocycles. The molecule has 0 radical (unpaired) electrons. The fourth-order valence-electron chi connectivity index (χ4n) is 4.95. The lowest BCUT2D eigenvalue weighted by molar-refractivity contribution is 0.0700. The van der Waals surface area contributed by atoms with Gasteiger partial charge < -0.3 is 10.2 Å². The number of carbonyl (C=O) groups excluding carboxylic acids is 1. The topological polar surface area (TPSA) is 32.3 Å². The Hall–Kier alpha value is -3.07. The summed E-state index contributed by atoms with van der Waals surface area (Å²) in [6, 6.07) is 16.7. The van der Waals surface area contributed by atoms with Crippen LogP contribution in [-0.4, -0.2) is 23.9 Å². The Bertz CT molecular complexity index is 1100. The highest BCUT2D eigenvalue weighted by Crippen LogP contribution is 2.29. The predicted molar refractivity (Wildman–Crippen MR) is 149 cm³/mol. The Morgan fingerprint density at radius 2 is 1.57 bits per heavy atom. The summed E-state index contributed by atoms with van der Waals surface area (Å²) >= 11 is 0. The van der Waals surface area contributed by atoms with Gasteiger partial charge in [0.05, 0.1) is 0 Å². The Kier molecular flexibility index (Phi) is 9.54. The van der Waals surface area contributed by atoms with Crippen LogP contribution in [0.3, 0.4) is 0 Å². The van der Waals surface area contributed by atoms with Crippen molar-refractivity contribution in [2.75, 3.05) is 13.1 Å². The van der Waals surface area contributed by atoms with Crippen molar-refractivity contribution in [2.45, 2.75) is 67.2 Å². The first-order valence-corrected chi connectivity index (χ1v) is 13.2. The number of aryl methyl sites for hydroxylation is 1. The van der Waals surface area contributed by atoms with Crippen LogP contribution >= 0.6 is 0 Å². The third-order valence-electron chi connectivity index (χ3n) is 7.37. The van der Waals surface area contributed by atoms with Crippen LogP contribution in [0.5, 0.6) is 0 Å². The monoisotopic (exact) mass is 470 g/mol. The van der Waals surface area contributed by atoms with Gasteiger partial charge in [0.15, 0.2) is 0 Å². The number of likely N-dealkylation sites (tertiary alicyclic amines) is 1. The summed E-state index contributed by atoms with van der Waals surface area (Å²) in [4.78, 5) is 15.3. The summed E-state index contributed by atoms with van der Waals surface area (Å²) in [7, 11) is 0. The molecular formula is C32H42N2O. The first-order valence-electron chi connectivity index (χ1n) is 13.2. The number of piperidine rings is 1. The predicted octanol–water partition coefficient (Wildman–Crippen LogP) is 7.75. The van der Waals surface area contributed by atoms with Crippen molar-refractivity contribution < 1.29 is 4.79 Å². The second-order valence-corrected chi connectivity index (χ2v) is 9.50. The van der Waals surface area contributed by atoms with Crippen LogP contribution < -0.4 is 5.32 Å². The summed E-state index contributed by atoms with van der Waals surface area (Å²) in [5, 5.41) is 3.64. The number of amides is 1. The van der Waals surface area contributed by atoms with Crippen molar-refractivity contribution in [3.63, 3.8) is 0 Å². The maximum atomic E-state index is 13.3. The quantitative estimate of drug-likeness (QED) is 0.428. The summed E-state index contributed by atoms with van der Waals surface area (Å²) in [6.45, 7) is 14.5. The number of hydrogen-bond acceptors (Lipinski definition) is 2. The molecule has 2 aromatic carbocycles. The van der Waals surface area contributed by atoms with Gasteiger partial charge in [-0.25, -0.2) is 0 Å². The third kappa shape index (κ3) is 6.33. The summed E-state index contributed by atoms with van der Waals surface area (Å²) in [5.74, 6) is 0.619. The molecule has 1 heterocycles. The maximum Gasteiger partial charge on any atom is 0.253 e. The molecule has 0 saturated carbocycles. The van der Waals surface area contributed by atoms with Gasteiger partial charge in [0, 0.05) is 36.0 Å². The largest absolute Gasteiger partial charge is 0.363 e. The normalized spacial score (nSPS) is 16.2. The minimum absolute atomic E-state index is 0.140. The van der Waals surface area contributed by atoms with Crippen molar-refractivity contribution >= 4 is 11.5 Å². The molecule has 1 fully saturated rings. The van der Waals surface area contributed by atoms with Gasteiger partial charge in [-0.3, -0.25) is 4.79 Å². The van der Waals surface area contributed by atoms with E-state index in [1.165, 1.54) is 33.7 Å². The molecule has 3 nitrogen and oxygen atoms in total. The summed E-state index contributed by atoms with van der Waals surface area (Å²) in [5.41, 5.74) is 9.71. The molecule has 1 aliphatic rings. The van der Waals surface area contributed by atoms with E-state index in [0.717, 1.165) is 49.9 Å². The fourth-order valence-corrected chi connectivity index (χ4v) is 4.95. The highest BCUT2D eigenvalue weighted by molar-refractivity contribution is 5.95. The lowest BCUT2D eigenvalue weighted by Gasteiger charge is -2.34. The van der Waals surface area contributed by atoms with Crippen molar-refractivity contribution in [1.29, 1.82) is 0 Å². The second-order valence-electron chi connectivity index (χ2n) is 9.50. The average molecular weight is 471 g/mol. The van der Waals surface area contributed by atoms with E-state index in [1.807, 2.05) is 17.0 Å². The molecule has 0 unspecified atom stereocenters. The van der Waals surface area contributed by atoms with Crippen molar-refractivity contribution in [3.05, 3.63) is 99.9 Å². The molecule has 0 bridgehead atoms. The van der Waals surface area contributed by atoms with Gasteiger partial charge in [0.2, 0.25) is 0 Å². The smallest absolute Gasteiger partial charge is 0.253 e. The second kappa shape index (κ2) is 12.6. The average Bonchev–Trinajstić information content (AvgIpc) is 2.92. The lowest BCUT2D eigenvalue weighted by Crippen LogP contribution is -2.40. The van der Waals surface area contributed by atoms with Crippen LogP contribution in [-0.2, 0) is 6.42 Å². The minimum atomic E-state index is 0.140. The van der Waals surface area contributed by atoms with E-state index in [9.17, 15) is 4.79 Å². The first-order chi connectivity index (χ1) is 16.9. The molecule has 1 amide bonds. The molecule has 0 aliphatic carbocycles. The number of allylic oxidation sites excluding steroid dienone is 5. The molecular weight excluding hydrogens is 428 g/mol. The molecule has 2 aromatic rings. The van der Waals surface area contributed by atoms with Crippen LogP contribution in [0.25, 0.3) is 5.57 Å². The lowest BCUT2D eigenvalue weighted by atomic mass is 9.89. The molecule has 1 saturated heterocycles. The maximum absolute atomic E-state index is 13.3.